The van der Waals surface area contributed by atoms with Crippen molar-refractivity contribution in [3.63, 3.8) is 0 Å². The van der Waals surface area contributed by atoms with E-state index in [9.17, 15) is 4.79 Å². The van der Waals surface area contributed by atoms with E-state index in [2.05, 4.69) is 10.1 Å². The Kier molecular flexibility index (Phi) is 5.35. The summed E-state index contributed by atoms with van der Waals surface area (Å²) < 4.78 is 7.63. The molecule has 0 atom stereocenters. The normalized spacial score (nSPS) is 11.3. The second-order valence-electron chi connectivity index (χ2n) is 6.81. The minimum Gasteiger partial charge on any atom is -0.338 e. The zero-order valence-corrected chi connectivity index (χ0v) is 18.7. The molecule has 5 aromatic rings. The van der Waals surface area contributed by atoms with Gasteiger partial charge in [0.05, 0.1) is 17.0 Å². The Bertz CT molecular complexity index is 1420. The first-order valence-electron chi connectivity index (χ1n) is 9.37. The van der Waals surface area contributed by atoms with Gasteiger partial charge in [0.2, 0.25) is 11.7 Å². The number of nitrogens with zero attached hydrogens (tertiary/aromatic N) is 4. The molecule has 0 fully saturated rings. The number of thiophene rings is 1. The van der Waals surface area contributed by atoms with Crippen molar-refractivity contribution in [2.24, 2.45) is 0 Å². The van der Waals surface area contributed by atoms with Crippen LogP contribution in [-0.2, 0) is 5.75 Å². The van der Waals surface area contributed by atoms with Crippen molar-refractivity contribution in [3.05, 3.63) is 86.8 Å². The molecule has 0 unspecified atom stereocenters. The fourth-order valence-electron chi connectivity index (χ4n) is 3.07. The minimum atomic E-state index is -0.115. The van der Waals surface area contributed by atoms with Gasteiger partial charge in [-0.15, -0.1) is 11.3 Å². The van der Waals surface area contributed by atoms with Crippen LogP contribution in [0.15, 0.2) is 74.5 Å². The Morgan fingerprint density at radius 3 is 2.61 bits per heavy atom. The number of hydrogen-bond donors (Lipinski definition) is 0. The molecule has 0 saturated heterocycles. The van der Waals surface area contributed by atoms with E-state index >= 15 is 0 Å². The van der Waals surface area contributed by atoms with Crippen molar-refractivity contribution in [2.75, 3.05) is 0 Å². The van der Waals surface area contributed by atoms with Gasteiger partial charge in [0.15, 0.2) is 5.16 Å². The molecule has 5 rings (SSSR count). The zero-order valence-electron chi connectivity index (χ0n) is 16.3. The maximum atomic E-state index is 13.2. The summed E-state index contributed by atoms with van der Waals surface area (Å²) in [6, 6.07) is 16.9. The summed E-state index contributed by atoms with van der Waals surface area (Å²) in [4.78, 5) is 22.3. The summed E-state index contributed by atoms with van der Waals surface area (Å²) in [5, 5.41) is 7.09. The van der Waals surface area contributed by atoms with Gasteiger partial charge in [-0.3, -0.25) is 9.36 Å². The third-order valence-electron chi connectivity index (χ3n) is 4.64. The number of hydrogen-bond acceptors (Lipinski definition) is 7. The van der Waals surface area contributed by atoms with Gasteiger partial charge < -0.3 is 4.52 Å². The van der Waals surface area contributed by atoms with Crippen LogP contribution in [0.5, 0.6) is 0 Å². The van der Waals surface area contributed by atoms with E-state index in [4.69, 9.17) is 21.1 Å². The molecule has 0 amide bonds. The second kappa shape index (κ2) is 8.30. The van der Waals surface area contributed by atoms with E-state index in [1.807, 2.05) is 42.6 Å². The monoisotopic (exact) mass is 466 g/mol. The summed E-state index contributed by atoms with van der Waals surface area (Å²) >= 11 is 8.77. The van der Waals surface area contributed by atoms with Gasteiger partial charge in [-0.2, -0.15) is 4.98 Å². The molecule has 31 heavy (non-hydrogen) atoms. The highest BCUT2D eigenvalue weighted by Gasteiger charge is 2.16. The number of rotatable bonds is 5. The lowest BCUT2D eigenvalue weighted by Gasteiger charge is -2.11. The molecule has 0 bridgehead atoms. The Hall–Kier alpha value is -2.94. The van der Waals surface area contributed by atoms with Gasteiger partial charge >= 0.3 is 0 Å². The van der Waals surface area contributed by atoms with Gasteiger partial charge in [0.25, 0.3) is 5.56 Å². The largest absolute Gasteiger partial charge is 0.338 e. The molecule has 0 saturated carbocycles. The molecule has 6 nitrogen and oxygen atoms in total. The average molecular weight is 467 g/mol. The molecule has 0 spiro atoms. The Morgan fingerprint density at radius 2 is 1.84 bits per heavy atom. The summed E-state index contributed by atoms with van der Waals surface area (Å²) in [5.74, 6) is 1.38. The van der Waals surface area contributed by atoms with E-state index in [0.29, 0.717) is 43.6 Å². The topological polar surface area (TPSA) is 73.8 Å². The fourth-order valence-corrected chi connectivity index (χ4v) is 4.80. The molecule has 3 aromatic heterocycles. The van der Waals surface area contributed by atoms with Crippen molar-refractivity contribution in [3.8, 4) is 17.1 Å². The summed E-state index contributed by atoms with van der Waals surface area (Å²) in [6.45, 7) is 2.03. The lowest BCUT2D eigenvalue weighted by Crippen LogP contribution is -2.20. The number of thioether (sulfide) groups is 1. The smallest absolute Gasteiger partial charge is 0.276 e. The molecule has 154 valence electrons. The predicted octanol–water partition coefficient (Wildman–Crippen LogP) is 5.75. The number of benzene rings is 2. The first-order chi connectivity index (χ1) is 15.1. The average Bonchev–Trinajstić information content (AvgIpc) is 3.44. The SMILES string of the molecule is Cc1ccc(-c2noc(CSc3nc4ccsc4c(=O)n3-c3ccc(Cl)cc3)n2)cc1. The van der Waals surface area contributed by atoms with E-state index < -0.39 is 0 Å². The third kappa shape index (κ3) is 4.01. The maximum Gasteiger partial charge on any atom is 0.276 e. The van der Waals surface area contributed by atoms with Crippen LogP contribution in [0, 0.1) is 6.92 Å². The Labute approximate surface area is 190 Å². The quantitative estimate of drug-likeness (QED) is 0.242. The minimum absolute atomic E-state index is 0.115. The summed E-state index contributed by atoms with van der Waals surface area (Å²) in [7, 11) is 0. The standard InChI is InChI=1S/C22H15ClN4O2S2/c1-13-2-4-14(5-3-13)20-25-18(29-26-20)12-31-22-24-17-10-11-30-19(17)21(28)27(22)16-8-6-15(23)7-9-16/h2-11H,12H2,1H3. The summed E-state index contributed by atoms with van der Waals surface area (Å²) in [5.41, 5.74) is 3.31. The molecule has 3 heterocycles. The second-order valence-corrected chi connectivity index (χ2v) is 9.11. The van der Waals surface area contributed by atoms with Crippen LogP contribution < -0.4 is 5.56 Å². The molecule has 0 aliphatic carbocycles. The van der Waals surface area contributed by atoms with Crippen molar-refractivity contribution in [1.29, 1.82) is 0 Å². The van der Waals surface area contributed by atoms with Gasteiger partial charge in [0, 0.05) is 10.6 Å². The van der Waals surface area contributed by atoms with E-state index in [0.717, 1.165) is 11.1 Å². The number of halogens is 1. The van der Waals surface area contributed by atoms with Crippen LogP contribution in [0.25, 0.3) is 27.3 Å². The van der Waals surface area contributed by atoms with Crippen LogP contribution in [0.3, 0.4) is 0 Å². The molecule has 0 N–H and O–H groups in total. The number of fused-ring (bicyclic) bond motifs is 1. The predicted molar refractivity (Wildman–Crippen MR) is 124 cm³/mol. The molecular formula is C22H15ClN4O2S2. The molecule has 9 heteroatoms. The van der Waals surface area contributed by atoms with Crippen molar-refractivity contribution in [2.45, 2.75) is 17.8 Å². The van der Waals surface area contributed by atoms with Crippen molar-refractivity contribution < 1.29 is 4.52 Å². The lowest BCUT2D eigenvalue weighted by atomic mass is 10.1. The fraction of sp³-hybridized carbons (Fsp3) is 0.0909. The molecule has 0 aliphatic rings. The van der Waals surface area contributed by atoms with Crippen molar-refractivity contribution >= 4 is 44.9 Å². The Balaban J connectivity index is 1.48. The summed E-state index contributed by atoms with van der Waals surface area (Å²) in [6.07, 6.45) is 0. The molecular weight excluding hydrogens is 452 g/mol. The molecule has 2 aromatic carbocycles. The molecule has 0 aliphatic heterocycles. The highest BCUT2D eigenvalue weighted by molar-refractivity contribution is 7.98. The number of aryl methyl sites for hydroxylation is 1. The molecule has 0 radical (unpaired) electrons. The van der Waals surface area contributed by atoms with Crippen LogP contribution in [0.1, 0.15) is 11.5 Å². The van der Waals surface area contributed by atoms with Crippen LogP contribution in [0.4, 0.5) is 0 Å². The van der Waals surface area contributed by atoms with Gasteiger partial charge in [-0.1, -0.05) is 58.3 Å². The lowest BCUT2D eigenvalue weighted by molar-refractivity contribution is 0.391. The number of aromatic nitrogens is 4. The third-order valence-corrected chi connectivity index (χ3v) is 6.70. The highest BCUT2D eigenvalue weighted by atomic mass is 35.5. The van der Waals surface area contributed by atoms with Gasteiger partial charge in [-0.05, 0) is 42.6 Å². The van der Waals surface area contributed by atoms with Crippen LogP contribution >= 0.6 is 34.7 Å². The highest BCUT2D eigenvalue weighted by Crippen LogP contribution is 2.27. The first-order valence-corrected chi connectivity index (χ1v) is 11.6. The van der Waals surface area contributed by atoms with Gasteiger partial charge in [-0.25, -0.2) is 4.98 Å². The first kappa shape index (κ1) is 20.0. The Morgan fingerprint density at radius 1 is 1.06 bits per heavy atom. The van der Waals surface area contributed by atoms with Crippen LogP contribution in [0.2, 0.25) is 5.02 Å². The maximum absolute atomic E-state index is 13.2. The van der Waals surface area contributed by atoms with Crippen LogP contribution in [-0.4, -0.2) is 19.7 Å². The van der Waals surface area contributed by atoms with Crippen molar-refractivity contribution in [1.82, 2.24) is 19.7 Å². The zero-order chi connectivity index (χ0) is 21.4. The van der Waals surface area contributed by atoms with Gasteiger partial charge in [0.1, 0.15) is 4.70 Å². The van der Waals surface area contributed by atoms with E-state index in [1.165, 1.54) is 23.1 Å². The van der Waals surface area contributed by atoms with E-state index in [-0.39, 0.29) is 5.56 Å². The van der Waals surface area contributed by atoms with E-state index in [1.54, 1.807) is 28.8 Å².